The van der Waals surface area contributed by atoms with Crippen molar-refractivity contribution in [3.05, 3.63) is 35.1 Å². The highest BCUT2D eigenvalue weighted by atomic mass is 16.1. The molecule has 2 heterocycles. The maximum atomic E-state index is 10.9. The maximum Gasteiger partial charge on any atom is 0.251 e. The van der Waals surface area contributed by atoms with Crippen molar-refractivity contribution in [2.45, 2.75) is 13.8 Å². The Morgan fingerprint density at radius 3 is 2.60 bits per heavy atom. The van der Waals surface area contributed by atoms with E-state index in [0.717, 1.165) is 0 Å². The molecule has 0 fully saturated rings. The van der Waals surface area contributed by atoms with Crippen LogP contribution in [-0.2, 0) is 7.05 Å². The standard InChI is InChI=1S/C8H8N4O.C2H6/c1-12-4-6(10-5-12)8-9-3-2-7(13)11-8;1-2/h2-5H,1H3,(H,9,11,13);1-2H3. The van der Waals surface area contributed by atoms with E-state index in [1.54, 1.807) is 17.1 Å². The number of rotatable bonds is 1. The summed E-state index contributed by atoms with van der Waals surface area (Å²) in [5.41, 5.74) is 0.496. The van der Waals surface area contributed by atoms with Crippen LogP contribution >= 0.6 is 0 Å². The van der Waals surface area contributed by atoms with Gasteiger partial charge in [-0.2, -0.15) is 0 Å². The molecule has 0 saturated carbocycles. The van der Waals surface area contributed by atoms with Crippen LogP contribution in [0, 0.1) is 0 Å². The van der Waals surface area contributed by atoms with E-state index in [1.807, 2.05) is 20.9 Å². The third kappa shape index (κ3) is 2.77. The molecule has 80 valence electrons. The second-order valence-corrected chi connectivity index (χ2v) is 2.71. The molecule has 1 N–H and O–H groups in total. The number of H-pyrrole nitrogens is 1. The number of aryl methyl sites for hydroxylation is 1. The zero-order valence-corrected chi connectivity index (χ0v) is 9.06. The van der Waals surface area contributed by atoms with Gasteiger partial charge in [-0.15, -0.1) is 0 Å². The summed E-state index contributed by atoms with van der Waals surface area (Å²) in [6, 6.07) is 1.37. The highest BCUT2D eigenvalue weighted by Gasteiger charge is 2.01. The van der Waals surface area contributed by atoms with Gasteiger partial charge < -0.3 is 9.55 Å². The lowest BCUT2D eigenvalue weighted by atomic mass is 10.4. The second kappa shape index (κ2) is 5.09. The van der Waals surface area contributed by atoms with Crippen LogP contribution in [0.25, 0.3) is 11.5 Å². The van der Waals surface area contributed by atoms with E-state index in [-0.39, 0.29) is 5.56 Å². The minimum Gasteiger partial charge on any atom is -0.340 e. The van der Waals surface area contributed by atoms with Gasteiger partial charge in [-0.3, -0.25) is 4.79 Å². The van der Waals surface area contributed by atoms with Gasteiger partial charge in [0.05, 0.1) is 6.33 Å². The molecule has 0 aliphatic carbocycles. The van der Waals surface area contributed by atoms with Crippen molar-refractivity contribution in [3.63, 3.8) is 0 Å². The molecule has 0 radical (unpaired) electrons. The molecular formula is C10H14N4O. The smallest absolute Gasteiger partial charge is 0.251 e. The quantitative estimate of drug-likeness (QED) is 0.762. The van der Waals surface area contributed by atoms with E-state index < -0.39 is 0 Å². The Morgan fingerprint density at radius 1 is 1.33 bits per heavy atom. The summed E-state index contributed by atoms with van der Waals surface area (Å²) in [6.45, 7) is 4.00. The molecule has 15 heavy (non-hydrogen) atoms. The molecule has 2 rings (SSSR count). The number of hydrogen-bond acceptors (Lipinski definition) is 3. The van der Waals surface area contributed by atoms with E-state index in [2.05, 4.69) is 15.0 Å². The van der Waals surface area contributed by atoms with Crippen molar-refractivity contribution < 1.29 is 0 Å². The summed E-state index contributed by atoms with van der Waals surface area (Å²) in [4.78, 5) is 21.6. The van der Waals surface area contributed by atoms with Crippen molar-refractivity contribution in [1.29, 1.82) is 0 Å². The van der Waals surface area contributed by atoms with E-state index in [0.29, 0.717) is 11.5 Å². The molecule has 0 aliphatic heterocycles. The zero-order valence-electron chi connectivity index (χ0n) is 9.06. The van der Waals surface area contributed by atoms with Gasteiger partial charge in [-0.05, 0) is 0 Å². The van der Waals surface area contributed by atoms with Crippen LogP contribution in [0.5, 0.6) is 0 Å². The molecule has 0 bridgehead atoms. The third-order valence-electron chi connectivity index (χ3n) is 1.62. The van der Waals surface area contributed by atoms with E-state index >= 15 is 0 Å². The first-order valence-corrected chi connectivity index (χ1v) is 4.79. The lowest BCUT2D eigenvalue weighted by Crippen LogP contribution is -2.05. The van der Waals surface area contributed by atoms with E-state index in [1.165, 1.54) is 12.3 Å². The molecule has 0 amide bonds. The predicted molar refractivity (Wildman–Crippen MR) is 58.4 cm³/mol. The number of nitrogens with one attached hydrogen (secondary N) is 1. The molecule has 5 heteroatoms. The molecular weight excluding hydrogens is 192 g/mol. The van der Waals surface area contributed by atoms with Crippen molar-refractivity contribution in [1.82, 2.24) is 19.5 Å². The molecule has 5 nitrogen and oxygen atoms in total. The Balaban J connectivity index is 0.000000531. The molecule has 0 aromatic carbocycles. The third-order valence-corrected chi connectivity index (χ3v) is 1.62. The molecule has 2 aromatic heterocycles. The first kappa shape index (κ1) is 11.2. The van der Waals surface area contributed by atoms with Gasteiger partial charge in [0, 0.05) is 25.5 Å². The fourth-order valence-corrected chi connectivity index (χ4v) is 1.04. The van der Waals surface area contributed by atoms with Crippen LogP contribution in [0.2, 0.25) is 0 Å². The molecule has 0 spiro atoms. The maximum absolute atomic E-state index is 10.9. The van der Waals surface area contributed by atoms with Crippen LogP contribution in [-0.4, -0.2) is 19.5 Å². The van der Waals surface area contributed by atoms with Crippen LogP contribution in [0.4, 0.5) is 0 Å². The fourth-order valence-electron chi connectivity index (χ4n) is 1.04. The summed E-state index contributed by atoms with van der Waals surface area (Å²) in [5.74, 6) is 0.494. The Bertz CT molecular complexity index is 472. The lowest BCUT2D eigenvalue weighted by Gasteiger charge is -1.92. The van der Waals surface area contributed by atoms with Crippen molar-refractivity contribution in [3.8, 4) is 11.5 Å². The Hall–Kier alpha value is -1.91. The van der Waals surface area contributed by atoms with Crippen molar-refractivity contribution in [2.24, 2.45) is 7.05 Å². The van der Waals surface area contributed by atoms with Crippen molar-refractivity contribution in [2.75, 3.05) is 0 Å². The fraction of sp³-hybridized carbons (Fsp3) is 0.300. The number of hydrogen-bond donors (Lipinski definition) is 1. The minimum absolute atomic E-state index is 0.171. The predicted octanol–water partition coefficient (Wildman–Crippen LogP) is 1.20. The van der Waals surface area contributed by atoms with Gasteiger partial charge in [-0.25, -0.2) is 9.97 Å². The highest BCUT2D eigenvalue weighted by Crippen LogP contribution is 2.07. The zero-order chi connectivity index (χ0) is 11.3. The molecule has 0 unspecified atom stereocenters. The molecule has 0 saturated heterocycles. The van der Waals surface area contributed by atoms with E-state index in [4.69, 9.17) is 0 Å². The lowest BCUT2D eigenvalue weighted by molar-refractivity contribution is 0.913. The normalized spacial score (nSPS) is 9.27. The monoisotopic (exact) mass is 206 g/mol. The summed E-state index contributed by atoms with van der Waals surface area (Å²) < 4.78 is 1.79. The Labute approximate surface area is 87.8 Å². The van der Waals surface area contributed by atoms with Gasteiger partial charge in [0.1, 0.15) is 5.69 Å². The average molecular weight is 206 g/mol. The summed E-state index contributed by atoms with van der Waals surface area (Å²) in [7, 11) is 1.86. The minimum atomic E-state index is -0.171. The average Bonchev–Trinajstić information content (AvgIpc) is 2.68. The van der Waals surface area contributed by atoms with Gasteiger partial charge in [0.25, 0.3) is 5.56 Å². The first-order chi connectivity index (χ1) is 7.25. The topological polar surface area (TPSA) is 63.6 Å². The number of nitrogens with zero attached hydrogens (tertiary/aromatic N) is 3. The number of imidazole rings is 1. The SMILES string of the molecule is CC.Cn1cnc(-c2nccc(=O)[nH]2)c1. The van der Waals surface area contributed by atoms with Gasteiger partial charge >= 0.3 is 0 Å². The van der Waals surface area contributed by atoms with Gasteiger partial charge in [0.2, 0.25) is 0 Å². The van der Waals surface area contributed by atoms with Crippen LogP contribution in [0.15, 0.2) is 29.6 Å². The Kier molecular flexibility index (Phi) is 3.79. The number of aromatic amines is 1. The Morgan fingerprint density at radius 2 is 2.07 bits per heavy atom. The summed E-state index contributed by atoms with van der Waals surface area (Å²) in [5, 5.41) is 0. The molecule has 2 aromatic rings. The van der Waals surface area contributed by atoms with E-state index in [9.17, 15) is 4.79 Å². The molecule has 0 aliphatic rings. The van der Waals surface area contributed by atoms with Crippen molar-refractivity contribution >= 4 is 0 Å². The summed E-state index contributed by atoms with van der Waals surface area (Å²) in [6.07, 6.45) is 4.91. The second-order valence-electron chi connectivity index (χ2n) is 2.71. The van der Waals surface area contributed by atoms with Crippen LogP contribution < -0.4 is 5.56 Å². The van der Waals surface area contributed by atoms with Crippen LogP contribution in [0.3, 0.4) is 0 Å². The first-order valence-electron chi connectivity index (χ1n) is 4.79. The largest absolute Gasteiger partial charge is 0.340 e. The van der Waals surface area contributed by atoms with Gasteiger partial charge in [0.15, 0.2) is 5.82 Å². The highest BCUT2D eigenvalue weighted by molar-refractivity contribution is 5.46. The number of aromatic nitrogens is 4. The molecule has 0 atom stereocenters. The van der Waals surface area contributed by atoms with Gasteiger partial charge in [-0.1, -0.05) is 13.8 Å². The summed E-state index contributed by atoms with van der Waals surface area (Å²) >= 11 is 0. The van der Waals surface area contributed by atoms with Crippen LogP contribution in [0.1, 0.15) is 13.8 Å².